The standard InChI is InChI=1S/C14H22N2O2/c1-2-18-14-9-11(15)8-13(10-14)16-6-3-4-12(16)5-7-17/h8-10,12,17H,2-7,15H2,1H3. The van der Waals surface area contributed by atoms with E-state index in [9.17, 15) is 0 Å². The zero-order chi connectivity index (χ0) is 13.0. The molecule has 100 valence electrons. The lowest BCUT2D eigenvalue weighted by Gasteiger charge is -2.27. The predicted molar refractivity (Wildman–Crippen MR) is 74.1 cm³/mol. The fraction of sp³-hybridized carbons (Fsp3) is 0.571. The zero-order valence-corrected chi connectivity index (χ0v) is 10.9. The Labute approximate surface area is 108 Å². The minimum absolute atomic E-state index is 0.238. The fourth-order valence-corrected chi connectivity index (χ4v) is 2.65. The maximum atomic E-state index is 9.11. The zero-order valence-electron chi connectivity index (χ0n) is 10.9. The highest BCUT2D eigenvalue weighted by molar-refractivity contribution is 5.61. The van der Waals surface area contributed by atoms with E-state index in [0.29, 0.717) is 12.6 Å². The molecule has 1 aliphatic rings. The van der Waals surface area contributed by atoms with E-state index in [1.54, 1.807) is 0 Å². The second-order valence-electron chi connectivity index (χ2n) is 4.69. The lowest BCUT2D eigenvalue weighted by atomic mass is 10.1. The normalized spacial score (nSPS) is 19.2. The Morgan fingerprint density at radius 3 is 3.00 bits per heavy atom. The minimum atomic E-state index is 0.238. The van der Waals surface area contributed by atoms with E-state index in [-0.39, 0.29) is 6.61 Å². The first-order valence-electron chi connectivity index (χ1n) is 6.65. The lowest BCUT2D eigenvalue weighted by Crippen LogP contribution is -2.30. The summed E-state index contributed by atoms with van der Waals surface area (Å²) in [5.74, 6) is 0.821. The molecule has 1 fully saturated rings. The summed E-state index contributed by atoms with van der Waals surface area (Å²) < 4.78 is 5.53. The van der Waals surface area contributed by atoms with Crippen molar-refractivity contribution in [3.63, 3.8) is 0 Å². The van der Waals surface area contributed by atoms with Crippen LogP contribution in [0, 0.1) is 0 Å². The molecular formula is C14H22N2O2. The van der Waals surface area contributed by atoms with Crippen LogP contribution in [-0.4, -0.2) is 30.9 Å². The van der Waals surface area contributed by atoms with E-state index in [1.807, 2.05) is 25.1 Å². The van der Waals surface area contributed by atoms with Gasteiger partial charge in [-0.05, 0) is 32.3 Å². The predicted octanol–water partition coefficient (Wildman–Crippen LogP) is 2.02. The van der Waals surface area contributed by atoms with Crippen LogP contribution in [-0.2, 0) is 0 Å². The highest BCUT2D eigenvalue weighted by atomic mass is 16.5. The van der Waals surface area contributed by atoms with Crippen LogP contribution in [0.2, 0.25) is 0 Å². The highest BCUT2D eigenvalue weighted by Gasteiger charge is 2.24. The molecule has 1 aliphatic heterocycles. The fourth-order valence-electron chi connectivity index (χ4n) is 2.65. The largest absolute Gasteiger partial charge is 0.494 e. The van der Waals surface area contributed by atoms with Crippen LogP contribution < -0.4 is 15.4 Å². The third-order valence-corrected chi connectivity index (χ3v) is 3.40. The smallest absolute Gasteiger partial charge is 0.123 e. The second-order valence-corrected chi connectivity index (χ2v) is 4.69. The molecule has 1 heterocycles. The second kappa shape index (κ2) is 5.96. The number of aliphatic hydroxyl groups excluding tert-OH is 1. The van der Waals surface area contributed by atoms with E-state index in [1.165, 1.54) is 6.42 Å². The van der Waals surface area contributed by atoms with Gasteiger partial charge in [0.1, 0.15) is 5.75 Å². The van der Waals surface area contributed by atoms with E-state index >= 15 is 0 Å². The molecule has 18 heavy (non-hydrogen) atoms. The Morgan fingerprint density at radius 1 is 1.44 bits per heavy atom. The number of nitrogens with zero attached hydrogens (tertiary/aromatic N) is 1. The van der Waals surface area contributed by atoms with Gasteiger partial charge in [0.15, 0.2) is 0 Å². The van der Waals surface area contributed by atoms with Gasteiger partial charge in [-0.1, -0.05) is 0 Å². The van der Waals surface area contributed by atoms with Gasteiger partial charge >= 0.3 is 0 Å². The maximum absolute atomic E-state index is 9.11. The van der Waals surface area contributed by atoms with Crippen LogP contribution >= 0.6 is 0 Å². The van der Waals surface area contributed by atoms with Gasteiger partial charge in [-0.25, -0.2) is 0 Å². The average molecular weight is 250 g/mol. The van der Waals surface area contributed by atoms with Crippen molar-refractivity contribution in [2.24, 2.45) is 0 Å². The van der Waals surface area contributed by atoms with Gasteiger partial charge in [0, 0.05) is 42.7 Å². The monoisotopic (exact) mass is 250 g/mol. The Morgan fingerprint density at radius 2 is 2.28 bits per heavy atom. The molecule has 1 atom stereocenters. The van der Waals surface area contributed by atoms with Crippen molar-refractivity contribution in [3.8, 4) is 5.75 Å². The number of nitrogen functional groups attached to an aromatic ring is 1. The average Bonchev–Trinajstić information content (AvgIpc) is 2.77. The van der Waals surface area contributed by atoms with Crippen molar-refractivity contribution in [2.45, 2.75) is 32.2 Å². The summed E-state index contributed by atoms with van der Waals surface area (Å²) in [6, 6.07) is 6.30. The highest BCUT2D eigenvalue weighted by Crippen LogP contribution is 2.31. The molecule has 4 heteroatoms. The molecule has 0 spiro atoms. The maximum Gasteiger partial charge on any atom is 0.123 e. The number of ether oxygens (including phenoxy) is 1. The van der Waals surface area contributed by atoms with Gasteiger partial charge in [0.05, 0.1) is 6.61 Å². The van der Waals surface area contributed by atoms with Gasteiger partial charge in [-0.15, -0.1) is 0 Å². The topological polar surface area (TPSA) is 58.7 Å². The van der Waals surface area contributed by atoms with Crippen LogP contribution in [0.3, 0.4) is 0 Å². The summed E-state index contributed by atoms with van der Waals surface area (Å²) in [4.78, 5) is 2.33. The van der Waals surface area contributed by atoms with Crippen LogP contribution in [0.15, 0.2) is 18.2 Å². The summed E-state index contributed by atoms with van der Waals surface area (Å²) in [7, 11) is 0. The Balaban J connectivity index is 2.20. The van der Waals surface area contributed by atoms with Gasteiger partial charge in [0.2, 0.25) is 0 Å². The Bertz CT molecular complexity index is 395. The Hall–Kier alpha value is -1.42. The molecule has 0 saturated carbocycles. The molecule has 2 rings (SSSR count). The molecule has 0 bridgehead atoms. The van der Waals surface area contributed by atoms with Crippen molar-refractivity contribution >= 4 is 11.4 Å². The molecular weight excluding hydrogens is 228 g/mol. The molecule has 3 N–H and O–H groups in total. The summed E-state index contributed by atoms with van der Waals surface area (Å²) in [5.41, 5.74) is 7.75. The minimum Gasteiger partial charge on any atom is -0.494 e. The molecule has 1 aromatic carbocycles. The molecule has 1 aromatic rings. The number of hydrogen-bond donors (Lipinski definition) is 2. The summed E-state index contributed by atoms with van der Waals surface area (Å²) >= 11 is 0. The number of nitrogens with two attached hydrogens (primary N) is 1. The van der Waals surface area contributed by atoms with Gasteiger partial charge in [0.25, 0.3) is 0 Å². The molecule has 0 amide bonds. The van der Waals surface area contributed by atoms with Gasteiger partial charge < -0.3 is 20.5 Å². The molecule has 1 unspecified atom stereocenters. The lowest BCUT2D eigenvalue weighted by molar-refractivity contribution is 0.276. The van der Waals surface area contributed by atoms with Crippen molar-refractivity contribution in [1.82, 2.24) is 0 Å². The number of hydrogen-bond acceptors (Lipinski definition) is 4. The van der Waals surface area contributed by atoms with Gasteiger partial charge in [-0.2, -0.15) is 0 Å². The third kappa shape index (κ3) is 2.88. The SMILES string of the molecule is CCOc1cc(N)cc(N2CCCC2CCO)c1. The number of aliphatic hydroxyl groups is 1. The third-order valence-electron chi connectivity index (χ3n) is 3.40. The Kier molecular flexibility index (Phi) is 4.31. The number of anilines is 2. The van der Waals surface area contributed by atoms with E-state index in [0.717, 1.165) is 36.5 Å². The van der Waals surface area contributed by atoms with E-state index < -0.39 is 0 Å². The first kappa shape index (κ1) is 13.0. The molecule has 0 radical (unpaired) electrons. The van der Waals surface area contributed by atoms with Crippen LogP contribution in [0.25, 0.3) is 0 Å². The first-order chi connectivity index (χ1) is 8.74. The van der Waals surface area contributed by atoms with E-state index in [2.05, 4.69) is 4.90 Å². The molecule has 0 aliphatic carbocycles. The van der Waals surface area contributed by atoms with Crippen molar-refractivity contribution in [3.05, 3.63) is 18.2 Å². The quantitative estimate of drug-likeness (QED) is 0.785. The molecule has 0 aromatic heterocycles. The molecule has 1 saturated heterocycles. The van der Waals surface area contributed by atoms with E-state index in [4.69, 9.17) is 15.6 Å². The number of rotatable bonds is 5. The number of benzene rings is 1. The van der Waals surface area contributed by atoms with Crippen molar-refractivity contribution in [2.75, 3.05) is 30.4 Å². The van der Waals surface area contributed by atoms with Crippen molar-refractivity contribution < 1.29 is 9.84 Å². The van der Waals surface area contributed by atoms with Crippen LogP contribution in [0.4, 0.5) is 11.4 Å². The van der Waals surface area contributed by atoms with Crippen LogP contribution in [0.1, 0.15) is 26.2 Å². The summed E-state index contributed by atoms with van der Waals surface area (Å²) in [5, 5.41) is 9.11. The molecule has 4 nitrogen and oxygen atoms in total. The van der Waals surface area contributed by atoms with Crippen molar-refractivity contribution in [1.29, 1.82) is 0 Å². The van der Waals surface area contributed by atoms with Gasteiger partial charge in [-0.3, -0.25) is 0 Å². The summed E-state index contributed by atoms with van der Waals surface area (Å²) in [6.45, 7) is 3.87. The summed E-state index contributed by atoms with van der Waals surface area (Å²) in [6.07, 6.45) is 3.13. The first-order valence-corrected chi connectivity index (χ1v) is 6.65. The van der Waals surface area contributed by atoms with Crippen LogP contribution in [0.5, 0.6) is 5.75 Å².